The number of benzene rings is 1. The summed E-state index contributed by atoms with van der Waals surface area (Å²) in [5.74, 6) is -1.06. The molecular weight excluding hydrogens is 252 g/mol. The Balaban J connectivity index is 1.93. The van der Waals surface area contributed by atoms with Gasteiger partial charge >= 0.3 is 0 Å². The van der Waals surface area contributed by atoms with Crippen molar-refractivity contribution in [1.29, 1.82) is 0 Å². The molecule has 3 atom stereocenters. The van der Waals surface area contributed by atoms with E-state index < -0.39 is 11.6 Å². The molecule has 0 heterocycles. The van der Waals surface area contributed by atoms with Gasteiger partial charge in [0.2, 0.25) is 0 Å². The van der Waals surface area contributed by atoms with Gasteiger partial charge in [0, 0.05) is 37.8 Å². The number of methoxy groups -OCH3 is 1. The third-order valence-corrected chi connectivity index (χ3v) is 3.30. The zero-order chi connectivity index (χ0) is 13.8. The molecule has 1 saturated carbocycles. The van der Waals surface area contributed by atoms with E-state index in [-0.39, 0.29) is 24.0 Å². The van der Waals surface area contributed by atoms with Crippen LogP contribution in [0.25, 0.3) is 0 Å². The molecule has 5 heteroatoms. The quantitative estimate of drug-likeness (QED) is 0.862. The summed E-state index contributed by atoms with van der Waals surface area (Å²) in [5.41, 5.74) is 0. The fourth-order valence-corrected chi connectivity index (χ4v) is 2.31. The lowest BCUT2D eigenvalue weighted by atomic mass is 9.85. The van der Waals surface area contributed by atoms with Crippen LogP contribution < -0.4 is 10.1 Å². The normalized spacial score (nSPS) is 26.0. The third-order valence-electron chi connectivity index (χ3n) is 3.30. The predicted molar refractivity (Wildman–Crippen MR) is 68.3 cm³/mol. The average Bonchev–Trinajstić information content (AvgIpc) is 2.32. The van der Waals surface area contributed by atoms with Crippen LogP contribution in [-0.4, -0.2) is 31.9 Å². The van der Waals surface area contributed by atoms with E-state index in [9.17, 15) is 8.78 Å². The lowest BCUT2D eigenvalue weighted by Crippen LogP contribution is -2.61. The number of ether oxygens (including phenoxy) is 2. The summed E-state index contributed by atoms with van der Waals surface area (Å²) in [4.78, 5) is 0. The van der Waals surface area contributed by atoms with Gasteiger partial charge in [-0.15, -0.1) is 0 Å². The predicted octanol–water partition coefficient (Wildman–Crippen LogP) is 2.50. The van der Waals surface area contributed by atoms with Crippen LogP contribution in [0.3, 0.4) is 0 Å². The second kappa shape index (κ2) is 6.30. The summed E-state index contributed by atoms with van der Waals surface area (Å²) in [6.07, 6.45) is 1.57. The van der Waals surface area contributed by atoms with Crippen LogP contribution in [0.15, 0.2) is 18.2 Å². The Morgan fingerprint density at radius 2 is 1.95 bits per heavy atom. The fourth-order valence-electron chi connectivity index (χ4n) is 2.31. The highest BCUT2D eigenvalue weighted by atomic mass is 19.1. The minimum Gasteiger partial charge on any atom is -0.487 e. The highest BCUT2D eigenvalue weighted by molar-refractivity contribution is 5.24. The Bertz CT molecular complexity index is 408. The molecule has 0 radical (unpaired) electrons. The average molecular weight is 271 g/mol. The van der Waals surface area contributed by atoms with E-state index in [0.29, 0.717) is 0 Å². The standard InChI is InChI=1S/C14H19F2NO2/c1-3-4-17-12-8-13(14(12)18-2)19-11-6-9(15)5-10(16)7-11/h5-7,12-14,17H,3-4,8H2,1-2H3. The van der Waals surface area contributed by atoms with Gasteiger partial charge in [-0.2, -0.15) is 0 Å². The zero-order valence-corrected chi connectivity index (χ0v) is 11.2. The number of nitrogens with one attached hydrogen (secondary N) is 1. The van der Waals surface area contributed by atoms with E-state index >= 15 is 0 Å². The second-order valence-corrected chi connectivity index (χ2v) is 4.76. The monoisotopic (exact) mass is 271 g/mol. The molecule has 1 aromatic carbocycles. The summed E-state index contributed by atoms with van der Waals surface area (Å²) in [6.45, 7) is 3.02. The van der Waals surface area contributed by atoms with Gasteiger partial charge in [0.05, 0.1) is 0 Å². The number of hydrogen-bond donors (Lipinski definition) is 1. The Hall–Kier alpha value is -1.20. The largest absolute Gasteiger partial charge is 0.487 e. The second-order valence-electron chi connectivity index (χ2n) is 4.76. The highest BCUT2D eigenvalue weighted by Gasteiger charge is 2.42. The molecule has 0 amide bonds. The molecule has 1 fully saturated rings. The summed E-state index contributed by atoms with van der Waals surface area (Å²) < 4.78 is 37.1. The number of hydrogen-bond acceptors (Lipinski definition) is 3. The van der Waals surface area contributed by atoms with Crippen molar-refractivity contribution in [2.45, 2.75) is 38.0 Å². The third kappa shape index (κ3) is 3.42. The van der Waals surface area contributed by atoms with Crippen LogP contribution in [0.2, 0.25) is 0 Å². The van der Waals surface area contributed by atoms with Gasteiger partial charge in [0.25, 0.3) is 0 Å². The van der Waals surface area contributed by atoms with Gasteiger partial charge in [0.1, 0.15) is 29.6 Å². The molecule has 1 N–H and O–H groups in total. The summed E-state index contributed by atoms with van der Waals surface area (Å²) >= 11 is 0. The first-order valence-electron chi connectivity index (χ1n) is 6.53. The first-order chi connectivity index (χ1) is 9.13. The summed E-state index contributed by atoms with van der Waals surface area (Å²) in [7, 11) is 1.62. The van der Waals surface area contributed by atoms with Crippen molar-refractivity contribution in [1.82, 2.24) is 5.32 Å². The number of halogens is 2. The Morgan fingerprint density at radius 1 is 1.26 bits per heavy atom. The summed E-state index contributed by atoms with van der Waals surface area (Å²) in [6, 6.07) is 3.44. The lowest BCUT2D eigenvalue weighted by Gasteiger charge is -2.43. The minimum atomic E-state index is -0.635. The van der Waals surface area contributed by atoms with Gasteiger partial charge in [-0.1, -0.05) is 6.92 Å². The summed E-state index contributed by atoms with van der Waals surface area (Å²) in [5, 5.41) is 3.36. The van der Waals surface area contributed by atoms with Crippen LogP contribution in [-0.2, 0) is 4.74 Å². The van der Waals surface area contributed by atoms with Crippen LogP contribution in [0.5, 0.6) is 5.75 Å². The molecule has 1 aliphatic rings. The van der Waals surface area contributed by atoms with Crippen molar-refractivity contribution in [3.8, 4) is 5.75 Å². The van der Waals surface area contributed by atoms with Crippen LogP contribution in [0.1, 0.15) is 19.8 Å². The van der Waals surface area contributed by atoms with E-state index in [1.807, 2.05) is 0 Å². The van der Waals surface area contributed by atoms with E-state index in [4.69, 9.17) is 9.47 Å². The van der Waals surface area contributed by atoms with Crippen molar-refractivity contribution < 1.29 is 18.3 Å². The maximum Gasteiger partial charge on any atom is 0.129 e. The molecule has 3 nitrogen and oxygen atoms in total. The number of rotatable bonds is 6. The van der Waals surface area contributed by atoms with Gasteiger partial charge in [-0.05, 0) is 13.0 Å². The molecule has 0 aromatic heterocycles. The molecule has 2 rings (SSSR count). The zero-order valence-electron chi connectivity index (χ0n) is 11.2. The topological polar surface area (TPSA) is 30.5 Å². The van der Waals surface area contributed by atoms with E-state index in [2.05, 4.69) is 12.2 Å². The van der Waals surface area contributed by atoms with Crippen molar-refractivity contribution in [3.63, 3.8) is 0 Å². The molecule has 0 bridgehead atoms. The molecule has 19 heavy (non-hydrogen) atoms. The van der Waals surface area contributed by atoms with Crippen molar-refractivity contribution >= 4 is 0 Å². The van der Waals surface area contributed by atoms with Crippen molar-refractivity contribution in [3.05, 3.63) is 29.8 Å². The smallest absolute Gasteiger partial charge is 0.129 e. The maximum atomic E-state index is 13.1. The molecule has 0 spiro atoms. The SMILES string of the molecule is CCCNC1CC(Oc2cc(F)cc(F)c2)C1OC. The fraction of sp³-hybridized carbons (Fsp3) is 0.571. The molecule has 3 unspecified atom stereocenters. The van der Waals surface area contributed by atoms with Gasteiger partial charge in [0.15, 0.2) is 0 Å². The Labute approximate surface area is 111 Å². The lowest BCUT2D eigenvalue weighted by molar-refractivity contribution is -0.0888. The van der Waals surface area contributed by atoms with Crippen LogP contribution in [0, 0.1) is 11.6 Å². The Kier molecular flexibility index (Phi) is 4.71. The van der Waals surface area contributed by atoms with E-state index in [1.54, 1.807) is 7.11 Å². The first kappa shape index (κ1) is 14.2. The maximum absolute atomic E-state index is 13.1. The van der Waals surface area contributed by atoms with Crippen molar-refractivity contribution in [2.75, 3.05) is 13.7 Å². The molecule has 1 aliphatic carbocycles. The first-order valence-corrected chi connectivity index (χ1v) is 6.53. The van der Waals surface area contributed by atoms with Gasteiger partial charge in [-0.25, -0.2) is 8.78 Å². The molecule has 0 aliphatic heterocycles. The van der Waals surface area contributed by atoms with Crippen LogP contribution in [0.4, 0.5) is 8.78 Å². The molecule has 106 valence electrons. The molecular formula is C14H19F2NO2. The molecule has 0 saturated heterocycles. The van der Waals surface area contributed by atoms with Crippen molar-refractivity contribution in [2.24, 2.45) is 0 Å². The van der Waals surface area contributed by atoms with Gasteiger partial charge < -0.3 is 14.8 Å². The van der Waals surface area contributed by atoms with Gasteiger partial charge in [-0.3, -0.25) is 0 Å². The van der Waals surface area contributed by atoms with E-state index in [0.717, 1.165) is 25.5 Å². The highest BCUT2D eigenvalue weighted by Crippen LogP contribution is 2.29. The van der Waals surface area contributed by atoms with E-state index in [1.165, 1.54) is 12.1 Å². The Morgan fingerprint density at radius 3 is 2.53 bits per heavy atom. The minimum absolute atomic E-state index is 0.0853. The van der Waals surface area contributed by atoms with Crippen LogP contribution >= 0.6 is 0 Å². The molecule has 1 aromatic rings.